The van der Waals surface area contributed by atoms with Crippen molar-refractivity contribution >= 4 is 11.7 Å². The molecule has 1 unspecified atom stereocenters. The first-order valence-corrected chi connectivity index (χ1v) is 6.83. The molecule has 2 rings (SSSR count). The van der Waals surface area contributed by atoms with Gasteiger partial charge in [0, 0.05) is 25.8 Å². The summed E-state index contributed by atoms with van der Waals surface area (Å²) in [5.41, 5.74) is 0.602. The Hall–Kier alpha value is -1.62. The molecule has 2 N–H and O–H groups in total. The second-order valence-corrected chi connectivity index (χ2v) is 4.97. The molecule has 2 heterocycles. The van der Waals surface area contributed by atoms with Gasteiger partial charge in [0.15, 0.2) is 0 Å². The molecule has 19 heavy (non-hydrogen) atoms. The number of nitrogens with one attached hydrogen (secondary N) is 2. The minimum Gasteiger partial charge on any atom is -0.372 e. The molecule has 0 saturated carbocycles. The predicted molar refractivity (Wildman–Crippen MR) is 76.4 cm³/mol. The third-order valence-corrected chi connectivity index (χ3v) is 3.72. The molecule has 1 aromatic rings. The van der Waals surface area contributed by atoms with Gasteiger partial charge in [0.25, 0.3) is 5.91 Å². The smallest absolute Gasteiger partial charge is 0.255 e. The van der Waals surface area contributed by atoms with Gasteiger partial charge >= 0.3 is 0 Å². The Bertz CT molecular complexity index is 435. The van der Waals surface area contributed by atoms with E-state index in [1.165, 1.54) is 19.4 Å². The van der Waals surface area contributed by atoms with Gasteiger partial charge in [-0.25, -0.2) is 4.98 Å². The third-order valence-electron chi connectivity index (χ3n) is 3.72. The quantitative estimate of drug-likeness (QED) is 0.840. The number of amides is 1. The molecule has 0 radical (unpaired) electrons. The zero-order valence-electron chi connectivity index (χ0n) is 11.6. The van der Waals surface area contributed by atoms with Crippen molar-refractivity contribution in [3.63, 3.8) is 0 Å². The molecule has 104 valence electrons. The zero-order chi connectivity index (χ0) is 13.7. The molecule has 1 saturated heterocycles. The maximum absolute atomic E-state index is 12.1. The number of aromatic nitrogens is 1. The van der Waals surface area contributed by atoms with Crippen LogP contribution in [0.2, 0.25) is 0 Å². The second-order valence-electron chi connectivity index (χ2n) is 4.97. The van der Waals surface area contributed by atoms with E-state index in [9.17, 15) is 4.79 Å². The van der Waals surface area contributed by atoms with Crippen LogP contribution in [0, 0.1) is 0 Å². The Labute approximate surface area is 114 Å². The molecule has 0 aromatic carbocycles. The molecule has 1 fully saturated rings. The number of hydrogen-bond acceptors (Lipinski definition) is 4. The summed E-state index contributed by atoms with van der Waals surface area (Å²) in [4.78, 5) is 18.6. The van der Waals surface area contributed by atoms with Crippen LogP contribution in [0.15, 0.2) is 18.3 Å². The lowest BCUT2D eigenvalue weighted by Crippen LogP contribution is -2.32. The summed E-state index contributed by atoms with van der Waals surface area (Å²) in [7, 11) is 3.92. The van der Waals surface area contributed by atoms with Crippen LogP contribution < -0.4 is 10.6 Å². The van der Waals surface area contributed by atoms with E-state index in [4.69, 9.17) is 0 Å². The first-order chi connectivity index (χ1) is 9.22. The molecule has 0 aliphatic carbocycles. The number of anilines is 1. The number of pyridine rings is 1. The van der Waals surface area contributed by atoms with E-state index in [1.807, 2.05) is 0 Å². The highest BCUT2D eigenvalue weighted by atomic mass is 16.1. The van der Waals surface area contributed by atoms with Gasteiger partial charge in [-0.15, -0.1) is 0 Å². The fourth-order valence-corrected chi connectivity index (χ4v) is 2.58. The minimum absolute atomic E-state index is 0.0573. The summed E-state index contributed by atoms with van der Waals surface area (Å²) in [6.45, 7) is 1.89. The standard InChI is InChI=1S/C14H22N4O/c1-15-13-12(6-3-8-16-13)14(19)17-9-7-11-5-4-10-18(11)2/h3,6,8,11H,4-5,7,9-10H2,1-2H3,(H,15,16)(H,17,19). The molecule has 5 heteroatoms. The lowest BCUT2D eigenvalue weighted by molar-refractivity contribution is 0.0951. The molecule has 1 amide bonds. The van der Waals surface area contributed by atoms with Crippen LogP contribution in [0.5, 0.6) is 0 Å². The molecule has 1 aromatic heterocycles. The van der Waals surface area contributed by atoms with E-state index in [2.05, 4.69) is 27.6 Å². The number of hydrogen-bond donors (Lipinski definition) is 2. The van der Waals surface area contributed by atoms with E-state index < -0.39 is 0 Å². The molecule has 1 atom stereocenters. The maximum atomic E-state index is 12.1. The summed E-state index contributed by atoms with van der Waals surface area (Å²) < 4.78 is 0. The van der Waals surface area contributed by atoms with Gasteiger partial charge in [0.05, 0.1) is 5.56 Å². The monoisotopic (exact) mass is 262 g/mol. The number of carbonyl (C=O) groups excluding carboxylic acids is 1. The van der Waals surface area contributed by atoms with E-state index in [0.717, 1.165) is 6.42 Å². The minimum atomic E-state index is -0.0573. The normalized spacial score (nSPS) is 19.4. The molecule has 5 nitrogen and oxygen atoms in total. The van der Waals surface area contributed by atoms with Crippen LogP contribution in [0.4, 0.5) is 5.82 Å². The summed E-state index contributed by atoms with van der Waals surface area (Å²) in [6.07, 6.45) is 5.19. The lowest BCUT2D eigenvalue weighted by Gasteiger charge is -2.19. The van der Waals surface area contributed by atoms with Gasteiger partial charge in [-0.05, 0) is 45.0 Å². The van der Waals surface area contributed by atoms with Crippen molar-refractivity contribution in [1.29, 1.82) is 0 Å². The van der Waals surface area contributed by atoms with Crippen LogP contribution in [0.1, 0.15) is 29.6 Å². The first-order valence-electron chi connectivity index (χ1n) is 6.83. The van der Waals surface area contributed by atoms with Gasteiger partial charge < -0.3 is 15.5 Å². The summed E-state index contributed by atoms with van der Waals surface area (Å²) in [6, 6.07) is 4.18. The molecule has 1 aliphatic heterocycles. The number of carbonyl (C=O) groups is 1. The van der Waals surface area contributed by atoms with Crippen molar-refractivity contribution in [2.45, 2.75) is 25.3 Å². The lowest BCUT2D eigenvalue weighted by atomic mass is 10.1. The van der Waals surface area contributed by atoms with Crippen molar-refractivity contribution in [1.82, 2.24) is 15.2 Å². The Morgan fingerprint density at radius 3 is 3.11 bits per heavy atom. The first kappa shape index (κ1) is 13.8. The topological polar surface area (TPSA) is 57.3 Å². The van der Waals surface area contributed by atoms with Crippen molar-refractivity contribution in [2.24, 2.45) is 0 Å². The highest BCUT2D eigenvalue weighted by molar-refractivity contribution is 5.98. The molecule has 0 bridgehead atoms. The second kappa shape index (κ2) is 6.52. The van der Waals surface area contributed by atoms with Gasteiger partial charge in [-0.1, -0.05) is 0 Å². The van der Waals surface area contributed by atoms with Gasteiger partial charge in [0.1, 0.15) is 5.82 Å². The molecular formula is C14H22N4O. The summed E-state index contributed by atoms with van der Waals surface area (Å²) in [5, 5.41) is 5.91. The highest BCUT2D eigenvalue weighted by Gasteiger charge is 2.20. The van der Waals surface area contributed by atoms with Crippen molar-refractivity contribution < 1.29 is 4.79 Å². The van der Waals surface area contributed by atoms with E-state index in [0.29, 0.717) is 24.0 Å². The third kappa shape index (κ3) is 3.44. The summed E-state index contributed by atoms with van der Waals surface area (Å²) in [5.74, 6) is 0.566. The average molecular weight is 262 g/mol. The van der Waals surface area contributed by atoms with Crippen molar-refractivity contribution in [3.05, 3.63) is 23.9 Å². The Balaban J connectivity index is 1.84. The van der Waals surface area contributed by atoms with E-state index in [1.54, 1.807) is 25.4 Å². The van der Waals surface area contributed by atoms with Crippen molar-refractivity contribution in [3.8, 4) is 0 Å². The number of nitrogens with zero attached hydrogens (tertiary/aromatic N) is 2. The molecular weight excluding hydrogens is 240 g/mol. The SMILES string of the molecule is CNc1ncccc1C(=O)NCCC1CCCN1C. The fourth-order valence-electron chi connectivity index (χ4n) is 2.58. The van der Waals surface area contributed by atoms with Gasteiger partial charge in [0.2, 0.25) is 0 Å². The Kier molecular flexibility index (Phi) is 4.74. The Morgan fingerprint density at radius 1 is 1.58 bits per heavy atom. The van der Waals surface area contributed by atoms with Crippen molar-refractivity contribution in [2.75, 3.05) is 32.5 Å². The Morgan fingerprint density at radius 2 is 2.42 bits per heavy atom. The van der Waals surface area contributed by atoms with Gasteiger partial charge in [-0.2, -0.15) is 0 Å². The predicted octanol–water partition coefficient (Wildman–Crippen LogP) is 1.34. The van der Waals surface area contributed by atoms with Crippen LogP contribution in [-0.2, 0) is 0 Å². The molecule has 0 spiro atoms. The average Bonchev–Trinajstić information content (AvgIpc) is 2.84. The van der Waals surface area contributed by atoms with Crippen LogP contribution in [0.25, 0.3) is 0 Å². The molecule has 1 aliphatic rings. The van der Waals surface area contributed by atoms with E-state index in [-0.39, 0.29) is 5.91 Å². The largest absolute Gasteiger partial charge is 0.372 e. The van der Waals surface area contributed by atoms with Gasteiger partial charge in [-0.3, -0.25) is 4.79 Å². The van der Waals surface area contributed by atoms with Crippen LogP contribution >= 0.6 is 0 Å². The number of rotatable bonds is 5. The maximum Gasteiger partial charge on any atom is 0.255 e. The number of likely N-dealkylation sites (tertiary alicyclic amines) is 1. The summed E-state index contributed by atoms with van der Waals surface area (Å²) >= 11 is 0. The highest BCUT2D eigenvalue weighted by Crippen LogP contribution is 2.17. The van der Waals surface area contributed by atoms with Crippen LogP contribution in [-0.4, -0.2) is 49.0 Å². The zero-order valence-corrected chi connectivity index (χ0v) is 11.6. The fraction of sp³-hybridized carbons (Fsp3) is 0.571. The van der Waals surface area contributed by atoms with Crippen LogP contribution in [0.3, 0.4) is 0 Å². The van der Waals surface area contributed by atoms with E-state index >= 15 is 0 Å².